The first-order chi connectivity index (χ1) is 17.8. The Morgan fingerprint density at radius 3 is 2.59 bits per heavy atom. The third-order valence-corrected chi connectivity index (χ3v) is 7.33. The summed E-state index contributed by atoms with van der Waals surface area (Å²) < 4.78 is 33.8. The van der Waals surface area contributed by atoms with E-state index in [-0.39, 0.29) is 22.8 Å². The van der Waals surface area contributed by atoms with E-state index in [1.807, 2.05) is 30.3 Å². The minimum atomic E-state index is -3.57. The van der Waals surface area contributed by atoms with Gasteiger partial charge in [0.1, 0.15) is 34.2 Å². The predicted molar refractivity (Wildman–Crippen MR) is 139 cm³/mol. The van der Waals surface area contributed by atoms with Crippen molar-refractivity contribution in [2.45, 2.75) is 25.4 Å². The summed E-state index contributed by atoms with van der Waals surface area (Å²) in [6.45, 7) is 1.55. The number of carbonyl (C=O) groups excluding carboxylic acids is 1. The maximum Gasteiger partial charge on any atom is 0.254 e. The van der Waals surface area contributed by atoms with E-state index in [0.717, 1.165) is 18.4 Å². The molecule has 11 nitrogen and oxygen atoms in total. The van der Waals surface area contributed by atoms with Gasteiger partial charge in [-0.3, -0.25) is 19.6 Å². The average molecular weight is 520 g/mol. The van der Waals surface area contributed by atoms with Gasteiger partial charge in [0, 0.05) is 18.0 Å². The van der Waals surface area contributed by atoms with E-state index in [1.54, 1.807) is 25.1 Å². The SMILES string of the molecule is CCS(=O)(=O)Nc1ccc(-c2n[nH]c(Nc3cnccn3)c2C(N)=O)cc1OC1(c2ccccc2)CC1. The summed E-state index contributed by atoms with van der Waals surface area (Å²) in [6.07, 6.45) is 6.08. The standard InChI is InChI=1S/C25H25N7O4S/c1-2-37(34,35)32-18-9-8-16(14-19(18)36-25(10-11-25)17-6-4-3-5-7-17)22-21(23(26)33)24(31-30-22)29-20-15-27-12-13-28-20/h3-9,12-15,32H,2,10-11H2,1H3,(H2,26,33)(H2,28,29,30,31). The number of hydrogen-bond acceptors (Lipinski definition) is 8. The molecular weight excluding hydrogens is 494 g/mol. The molecule has 0 saturated heterocycles. The minimum absolute atomic E-state index is 0.0966. The smallest absolute Gasteiger partial charge is 0.254 e. The molecule has 1 saturated carbocycles. The Labute approximate surface area is 213 Å². The lowest BCUT2D eigenvalue weighted by molar-refractivity contribution is 0.100. The van der Waals surface area contributed by atoms with Crippen LogP contribution in [0.2, 0.25) is 0 Å². The lowest BCUT2D eigenvalue weighted by Crippen LogP contribution is -2.19. The Morgan fingerprint density at radius 2 is 1.95 bits per heavy atom. The van der Waals surface area contributed by atoms with Crippen LogP contribution in [0.5, 0.6) is 5.75 Å². The van der Waals surface area contributed by atoms with Crippen LogP contribution >= 0.6 is 0 Å². The van der Waals surface area contributed by atoms with Gasteiger partial charge in [0.25, 0.3) is 5.91 Å². The van der Waals surface area contributed by atoms with Crippen molar-refractivity contribution < 1.29 is 17.9 Å². The topological polar surface area (TPSA) is 165 Å². The van der Waals surface area contributed by atoms with E-state index in [2.05, 4.69) is 30.2 Å². The number of amides is 1. The number of primary amides is 1. The van der Waals surface area contributed by atoms with Crippen LogP contribution in [0.25, 0.3) is 11.3 Å². The molecule has 2 aromatic heterocycles. The molecule has 0 bridgehead atoms. The fourth-order valence-corrected chi connectivity index (χ4v) is 4.61. The van der Waals surface area contributed by atoms with Gasteiger partial charge in [-0.15, -0.1) is 0 Å². The monoisotopic (exact) mass is 519 g/mol. The van der Waals surface area contributed by atoms with E-state index in [4.69, 9.17) is 10.5 Å². The van der Waals surface area contributed by atoms with E-state index in [9.17, 15) is 13.2 Å². The highest BCUT2D eigenvalue weighted by Gasteiger charge is 2.47. The zero-order chi connectivity index (χ0) is 26.0. The number of anilines is 3. The average Bonchev–Trinajstić information content (AvgIpc) is 3.56. The maximum atomic E-state index is 12.4. The second-order valence-electron chi connectivity index (χ2n) is 8.58. The van der Waals surface area contributed by atoms with Crippen molar-refractivity contribution in [2.75, 3.05) is 15.8 Å². The van der Waals surface area contributed by atoms with Gasteiger partial charge in [-0.2, -0.15) is 5.10 Å². The fourth-order valence-electron chi connectivity index (χ4n) is 3.97. The minimum Gasteiger partial charge on any atom is -0.480 e. The summed E-state index contributed by atoms with van der Waals surface area (Å²) in [5.74, 6) is 0.158. The van der Waals surface area contributed by atoms with Crippen molar-refractivity contribution in [3.8, 4) is 17.0 Å². The number of benzene rings is 2. The molecule has 12 heteroatoms. The van der Waals surface area contributed by atoms with Gasteiger partial charge in [-0.1, -0.05) is 36.4 Å². The third kappa shape index (κ3) is 5.09. The summed E-state index contributed by atoms with van der Waals surface area (Å²) in [7, 11) is -3.57. The molecule has 0 atom stereocenters. The fraction of sp³-hybridized carbons (Fsp3) is 0.200. The van der Waals surface area contributed by atoms with Crippen molar-refractivity contribution in [1.29, 1.82) is 0 Å². The molecule has 2 heterocycles. The molecule has 0 spiro atoms. The van der Waals surface area contributed by atoms with Crippen molar-refractivity contribution in [1.82, 2.24) is 20.2 Å². The van der Waals surface area contributed by atoms with Crippen LogP contribution in [0.1, 0.15) is 35.7 Å². The second-order valence-corrected chi connectivity index (χ2v) is 10.6. The molecule has 37 heavy (non-hydrogen) atoms. The van der Waals surface area contributed by atoms with Crippen LogP contribution in [0.4, 0.5) is 17.3 Å². The number of hydrogen-bond donors (Lipinski definition) is 4. The highest BCUT2D eigenvalue weighted by atomic mass is 32.2. The molecule has 5 N–H and O–H groups in total. The molecule has 1 amide bonds. The lowest BCUT2D eigenvalue weighted by atomic mass is 10.0. The van der Waals surface area contributed by atoms with Gasteiger partial charge < -0.3 is 15.8 Å². The second kappa shape index (κ2) is 9.54. The quantitative estimate of drug-likeness (QED) is 0.247. The van der Waals surface area contributed by atoms with Crippen LogP contribution in [-0.2, 0) is 15.6 Å². The van der Waals surface area contributed by atoms with Gasteiger partial charge in [0.15, 0.2) is 0 Å². The summed E-state index contributed by atoms with van der Waals surface area (Å²) in [5, 5.41) is 10.1. The van der Waals surface area contributed by atoms with E-state index >= 15 is 0 Å². The first kappa shape index (κ1) is 24.3. The normalized spacial score (nSPS) is 14.1. The number of ether oxygens (including phenoxy) is 1. The van der Waals surface area contributed by atoms with Gasteiger partial charge in [0.05, 0.1) is 17.6 Å². The largest absolute Gasteiger partial charge is 0.480 e. The number of H-pyrrole nitrogens is 1. The van der Waals surface area contributed by atoms with Crippen molar-refractivity contribution in [3.63, 3.8) is 0 Å². The lowest BCUT2D eigenvalue weighted by Gasteiger charge is -2.22. The number of nitrogens with two attached hydrogens (primary N) is 1. The molecule has 0 unspecified atom stereocenters. The number of rotatable bonds is 10. The summed E-state index contributed by atoms with van der Waals surface area (Å²) >= 11 is 0. The van der Waals surface area contributed by atoms with Crippen LogP contribution in [0, 0.1) is 0 Å². The number of sulfonamides is 1. The van der Waals surface area contributed by atoms with Gasteiger partial charge in [-0.05, 0) is 37.5 Å². The predicted octanol–water partition coefficient (Wildman–Crippen LogP) is 3.54. The molecule has 0 aliphatic heterocycles. The van der Waals surface area contributed by atoms with Gasteiger partial charge in [-0.25, -0.2) is 13.4 Å². The van der Waals surface area contributed by atoms with Crippen molar-refractivity contribution in [3.05, 3.63) is 78.2 Å². The first-order valence-corrected chi connectivity index (χ1v) is 13.3. The van der Waals surface area contributed by atoms with Crippen LogP contribution in [0.3, 0.4) is 0 Å². The van der Waals surface area contributed by atoms with Crippen molar-refractivity contribution in [2.24, 2.45) is 5.73 Å². The zero-order valence-electron chi connectivity index (χ0n) is 19.9. The Hall–Kier alpha value is -4.45. The Kier molecular flexibility index (Phi) is 6.25. The van der Waals surface area contributed by atoms with E-state index < -0.39 is 21.5 Å². The summed E-state index contributed by atoms with van der Waals surface area (Å²) in [6, 6.07) is 14.7. The number of aromatic nitrogens is 4. The molecule has 4 aromatic rings. The van der Waals surface area contributed by atoms with Crippen LogP contribution in [0.15, 0.2) is 67.1 Å². The van der Waals surface area contributed by atoms with Crippen LogP contribution < -0.4 is 20.5 Å². The molecule has 1 fully saturated rings. The molecule has 0 radical (unpaired) electrons. The molecule has 190 valence electrons. The first-order valence-electron chi connectivity index (χ1n) is 11.6. The third-order valence-electron chi connectivity index (χ3n) is 6.04. The highest BCUT2D eigenvalue weighted by molar-refractivity contribution is 7.92. The molecular formula is C25H25N7O4S. The van der Waals surface area contributed by atoms with Crippen LogP contribution in [-0.4, -0.2) is 40.2 Å². The molecule has 1 aliphatic rings. The number of nitrogens with one attached hydrogen (secondary N) is 3. The van der Waals surface area contributed by atoms with Gasteiger partial charge >= 0.3 is 0 Å². The van der Waals surface area contributed by atoms with Crippen molar-refractivity contribution >= 4 is 33.3 Å². The van der Waals surface area contributed by atoms with E-state index in [1.165, 1.54) is 18.6 Å². The van der Waals surface area contributed by atoms with Gasteiger partial charge in [0.2, 0.25) is 10.0 Å². The highest BCUT2D eigenvalue weighted by Crippen LogP contribution is 2.51. The molecule has 2 aromatic carbocycles. The number of nitrogens with zero attached hydrogens (tertiary/aromatic N) is 3. The number of aromatic amines is 1. The molecule has 1 aliphatic carbocycles. The molecule has 5 rings (SSSR count). The number of carbonyl (C=O) groups is 1. The summed E-state index contributed by atoms with van der Waals surface area (Å²) in [4.78, 5) is 20.6. The Balaban J connectivity index is 1.56. The zero-order valence-corrected chi connectivity index (χ0v) is 20.7. The van der Waals surface area contributed by atoms with E-state index in [0.29, 0.717) is 22.8 Å². The Bertz CT molecular complexity index is 1540. The summed E-state index contributed by atoms with van der Waals surface area (Å²) in [5.41, 5.74) is 7.33. The maximum absolute atomic E-state index is 12.4. The Morgan fingerprint density at radius 1 is 1.16 bits per heavy atom.